The lowest BCUT2D eigenvalue weighted by Crippen LogP contribution is -2.31. The van der Waals surface area contributed by atoms with Gasteiger partial charge in [-0.2, -0.15) is 0 Å². The van der Waals surface area contributed by atoms with Crippen LogP contribution in [0.1, 0.15) is 68.3 Å². The van der Waals surface area contributed by atoms with Gasteiger partial charge in [0.1, 0.15) is 0 Å². The summed E-state index contributed by atoms with van der Waals surface area (Å²) in [6, 6.07) is 9.17. The first-order valence-electron chi connectivity index (χ1n) is 7.99. The molecule has 0 radical (unpaired) electrons. The van der Waals surface area contributed by atoms with Gasteiger partial charge in [0.05, 0.1) is 6.10 Å². The molecule has 0 N–H and O–H groups in total. The summed E-state index contributed by atoms with van der Waals surface area (Å²) in [5.74, 6) is 1.49. The fourth-order valence-corrected chi connectivity index (χ4v) is 3.77. The second-order valence-corrected chi connectivity index (χ2v) is 7.20. The average Bonchev–Trinajstić information content (AvgIpc) is 2.44. The summed E-state index contributed by atoms with van der Waals surface area (Å²) >= 11 is 3.86. The van der Waals surface area contributed by atoms with Crippen molar-refractivity contribution in [1.82, 2.24) is 0 Å². The van der Waals surface area contributed by atoms with Crippen LogP contribution >= 0.6 is 15.9 Å². The maximum atomic E-state index is 5.63. The maximum absolute atomic E-state index is 5.63. The summed E-state index contributed by atoms with van der Waals surface area (Å²) in [6.07, 6.45) is 5.43. The van der Waals surface area contributed by atoms with Gasteiger partial charge in [0.2, 0.25) is 0 Å². The number of rotatable bonds is 7. The summed E-state index contributed by atoms with van der Waals surface area (Å²) in [6.45, 7) is 7.48. The lowest BCUT2D eigenvalue weighted by molar-refractivity contribution is -0.0264. The standard InChI is InChI=1S/C18H27BrO/c1-4-13(3)15-6-8-16(9-7-15)18(19)12-14-10-17(11-14)20-5-2/h6-9,13-14,17-18H,4-5,10-12H2,1-3H3. The largest absolute Gasteiger partial charge is 0.378 e. The average molecular weight is 339 g/mol. The smallest absolute Gasteiger partial charge is 0.0580 e. The normalized spacial score (nSPS) is 25.0. The molecule has 20 heavy (non-hydrogen) atoms. The molecular formula is C18H27BrO. The Morgan fingerprint density at radius 1 is 1.15 bits per heavy atom. The van der Waals surface area contributed by atoms with E-state index in [0.717, 1.165) is 12.5 Å². The number of hydrogen-bond donors (Lipinski definition) is 0. The van der Waals surface area contributed by atoms with E-state index < -0.39 is 0 Å². The molecule has 0 heterocycles. The Bertz CT molecular complexity index is 394. The van der Waals surface area contributed by atoms with Crippen molar-refractivity contribution in [2.75, 3.05) is 6.61 Å². The topological polar surface area (TPSA) is 9.23 Å². The highest BCUT2D eigenvalue weighted by atomic mass is 79.9. The van der Waals surface area contributed by atoms with Crippen LogP contribution in [0.2, 0.25) is 0 Å². The van der Waals surface area contributed by atoms with Crippen molar-refractivity contribution in [3.63, 3.8) is 0 Å². The Hall–Kier alpha value is -0.340. The number of benzene rings is 1. The lowest BCUT2D eigenvalue weighted by Gasteiger charge is -2.36. The Morgan fingerprint density at radius 3 is 2.30 bits per heavy atom. The summed E-state index contributed by atoms with van der Waals surface area (Å²) in [4.78, 5) is 0.487. The summed E-state index contributed by atoms with van der Waals surface area (Å²) < 4.78 is 5.63. The van der Waals surface area contributed by atoms with Crippen molar-refractivity contribution < 1.29 is 4.74 Å². The van der Waals surface area contributed by atoms with E-state index in [4.69, 9.17) is 4.74 Å². The Morgan fingerprint density at radius 2 is 1.75 bits per heavy atom. The number of hydrogen-bond acceptors (Lipinski definition) is 1. The van der Waals surface area contributed by atoms with E-state index in [9.17, 15) is 0 Å². The molecule has 0 aliphatic heterocycles. The van der Waals surface area contributed by atoms with Crippen LogP contribution in [0.4, 0.5) is 0 Å². The molecule has 1 nitrogen and oxygen atoms in total. The molecule has 1 aliphatic carbocycles. The van der Waals surface area contributed by atoms with Gasteiger partial charge in [-0.1, -0.05) is 54.0 Å². The Kier molecular flexibility index (Phi) is 6.10. The fraction of sp³-hybridized carbons (Fsp3) is 0.667. The molecular weight excluding hydrogens is 312 g/mol. The van der Waals surface area contributed by atoms with Crippen LogP contribution in [0.5, 0.6) is 0 Å². The first-order chi connectivity index (χ1) is 9.63. The fourth-order valence-electron chi connectivity index (χ4n) is 2.94. The molecule has 2 unspecified atom stereocenters. The SMILES string of the molecule is CCOC1CC(CC(Br)c2ccc(C(C)CC)cc2)C1. The maximum Gasteiger partial charge on any atom is 0.0580 e. The highest BCUT2D eigenvalue weighted by Crippen LogP contribution is 2.40. The van der Waals surface area contributed by atoms with Gasteiger partial charge < -0.3 is 4.74 Å². The molecule has 0 amide bonds. The molecule has 0 bridgehead atoms. The summed E-state index contributed by atoms with van der Waals surface area (Å²) in [5, 5.41) is 0. The lowest BCUT2D eigenvalue weighted by atomic mass is 9.78. The predicted molar refractivity (Wildman–Crippen MR) is 89.6 cm³/mol. The van der Waals surface area contributed by atoms with Gasteiger partial charge in [0.25, 0.3) is 0 Å². The minimum atomic E-state index is 0.487. The molecule has 2 rings (SSSR count). The van der Waals surface area contributed by atoms with E-state index in [1.807, 2.05) is 0 Å². The third kappa shape index (κ3) is 4.08. The van der Waals surface area contributed by atoms with E-state index in [0.29, 0.717) is 16.8 Å². The molecule has 1 fully saturated rings. The van der Waals surface area contributed by atoms with Crippen molar-refractivity contribution in [2.24, 2.45) is 5.92 Å². The van der Waals surface area contributed by atoms with E-state index in [-0.39, 0.29) is 0 Å². The minimum Gasteiger partial charge on any atom is -0.378 e. The third-order valence-corrected chi connectivity index (χ3v) is 5.52. The van der Waals surface area contributed by atoms with Gasteiger partial charge in [-0.25, -0.2) is 0 Å². The van der Waals surface area contributed by atoms with Crippen molar-refractivity contribution >= 4 is 15.9 Å². The molecule has 2 atom stereocenters. The third-order valence-electron chi connectivity index (χ3n) is 4.61. The molecule has 0 aromatic heterocycles. The van der Waals surface area contributed by atoms with Crippen LogP contribution in [0.25, 0.3) is 0 Å². The van der Waals surface area contributed by atoms with Crippen LogP contribution in [-0.4, -0.2) is 12.7 Å². The zero-order valence-corrected chi connectivity index (χ0v) is 14.5. The van der Waals surface area contributed by atoms with Crippen LogP contribution in [0.3, 0.4) is 0 Å². The van der Waals surface area contributed by atoms with Gasteiger partial charge in [0.15, 0.2) is 0 Å². The molecule has 0 saturated heterocycles. The first-order valence-corrected chi connectivity index (χ1v) is 8.91. The molecule has 1 aliphatic rings. The summed E-state index contributed by atoms with van der Waals surface area (Å²) in [7, 11) is 0. The molecule has 112 valence electrons. The van der Waals surface area contributed by atoms with E-state index in [2.05, 4.69) is 61.0 Å². The second-order valence-electron chi connectivity index (χ2n) is 6.09. The van der Waals surface area contributed by atoms with Crippen molar-refractivity contribution in [3.05, 3.63) is 35.4 Å². The number of alkyl halides is 1. The quantitative estimate of drug-likeness (QED) is 0.567. The van der Waals surface area contributed by atoms with Gasteiger partial charge in [-0.3, -0.25) is 0 Å². The van der Waals surface area contributed by atoms with Crippen LogP contribution in [-0.2, 0) is 4.74 Å². The van der Waals surface area contributed by atoms with Crippen LogP contribution in [0.15, 0.2) is 24.3 Å². The first kappa shape index (κ1) is 16.0. The van der Waals surface area contributed by atoms with Crippen molar-refractivity contribution in [1.29, 1.82) is 0 Å². The molecule has 1 aromatic carbocycles. The van der Waals surface area contributed by atoms with Gasteiger partial charge in [-0.15, -0.1) is 0 Å². The molecule has 1 saturated carbocycles. The Balaban J connectivity index is 1.82. The highest BCUT2D eigenvalue weighted by molar-refractivity contribution is 9.09. The Labute approximate surface area is 132 Å². The molecule has 1 aromatic rings. The summed E-state index contributed by atoms with van der Waals surface area (Å²) in [5.41, 5.74) is 2.87. The van der Waals surface area contributed by atoms with Gasteiger partial charge in [-0.05, 0) is 55.6 Å². The van der Waals surface area contributed by atoms with E-state index in [1.54, 1.807) is 0 Å². The second kappa shape index (κ2) is 7.61. The molecule has 0 spiro atoms. The minimum absolute atomic E-state index is 0.487. The highest BCUT2D eigenvalue weighted by Gasteiger charge is 2.31. The zero-order valence-electron chi connectivity index (χ0n) is 12.9. The van der Waals surface area contributed by atoms with Gasteiger partial charge in [0, 0.05) is 11.4 Å². The van der Waals surface area contributed by atoms with Crippen molar-refractivity contribution in [2.45, 2.75) is 63.3 Å². The van der Waals surface area contributed by atoms with Crippen LogP contribution < -0.4 is 0 Å². The van der Waals surface area contributed by atoms with E-state index in [1.165, 1.54) is 36.8 Å². The van der Waals surface area contributed by atoms with Crippen LogP contribution in [0, 0.1) is 5.92 Å². The number of halogens is 1. The van der Waals surface area contributed by atoms with Gasteiger partial charge >= 0.3 is 0 Å². The zero-order chi connectivity index (χ0) is 14.5. The number of ether oxygens (including phenoxy) is 1. The van der Waals surface area contributed by atoms with Crippen molar-refractivity contribution in [3.8, 4) is 0 Å². The monoisotopic (exact) mass is 338 g/mol. The predicted octanol–water partition coefficient (Wildman–Crippen LogP) is 5.84. The van der Waals surface area contributed by atoms with E-state index >= 15 is 0 Å². The molecule has 2 heteroatoms.